The van der Waals surface area contributed by atoms with Crippen molar-refractivity contribution in [1.29, 1.82) is 0 Å². The summed E-state index contributed by atoms with van der Waals surface area (Å²) < 4.78 is 28.2. The van der Waals surface area contributed by atoms with Crippen LogP contribution in [0.2, 0.25) is 0 Å². The molecule has 1 atom stereocenters. The first-order chi connectivity index (χ1) is 9.07. The molecule has 7 heteroatoms. The van der Waals surface area contributed by atoms with E-state index in [4.69, 9.17) is 5.73 Å². The Balaban J connectivity index is 0.00000147. The molecule has 3 rings (SSSR count). The molecule has 0 unspecified atom stereocenters. The van der Waals surface area contributed by atoms with Crippen molar-refractivity contribution in [1.82, 2.24) is 8.61 Å². The summed E-state index contributed by atoms with van der Waals surface area (Å²) in [6.45, 7) is 2.03. The predicted octanol–water partition coefficient (Wildman–Crippen LogP) is 0.744. The van der Waals surface area contributed by atoms with Gasteiger partial charge in [0.1, 0.15) is 0 Å². The maximum absolute atomic E-state index is 12.5. The first kappa shape index (κ1) is 15.7. The van der Waals surface area contributed by atoms with Crippen LogP contribution in [-0.2, 0) is 23.2 Å². The van der Waals surface area contributed by atoms with Crippen molar-refractivity contribution in [3.05, 3.63) is 35.4 Å². The molecule has 2 heterocycles. The van der Waals surface area contributed by atoms with Gasteiger partial charge < -0.3 is 5.73 Å². The molecule has 1 saturated heterocycles. The normalized spacial score (nSPS) is 24.1. The van der Waals surface area contributed by atoms with Crippen LogP contribution in [0.25, 0.3) is 0 Å². The van der Waals surface area contributed by atoms with Crippen molar-refractivity contribution < 1.29 is 8.42 Å². The molecule has 2 aliphatic rings. The van der Waals surface area contributed by atoms with Crippen molar-refractivity contribution in [2.24, 2.45) is 5.73 Å². The fraction of sp³-hybridized carbons (Fsp3) is 0.538. The van der Waals surface area contributed by atoms with Crippen LogP contribution in [0.4, 0.5) is 0 Å². The Morgan fingerprint density at radius 2 is 1.80 bits per heavy atom. The van der Waals surface area contributed by atoms with Gasteiger partial charge in [0.25, 0.3) is 10.2 Å². The number of fused-ring (bicyclic) bond motifs is 1. The van der Waals surface area contributed by atoms with E-state index in [0.717, 1.165) is 18.4 Å². The summed E-state index contributed by atoms with van der Waals surface area (Å²) in [6.07, 6.45) is 1.54. The zero-order chi connectivity index (χ0) is 13.5. The van der Waals surface area contributed by atoms with Crippen LogP contribution in [0.15, 0.2) is 24.3 Å². The van der Waals surface area contributed by atoms with Crippen molar-refractivity contribution >= 4 is 22.6 Å². The number of rotatable bonds is 2. The summed E-state index contributed by atoms with van der Waals surface area (Å²) in [5, 5.41) is 0. The standard InChI is InChI=1S/C13H19N3O2S.ClH/c14-13-6-8-16(10-13)19(17,18)15-7-5-11-3-1-2-4-12(11)9-15;/h1-4,13H,5-10,14H2;1H/t13-;/m1./s1. The molecule has 0 radical (unpaired) electrons. The Labute approximate surface area is 126 Å². The topological polar surface area (TPSA) is 66.6 Å². The van der Waals surface area contributed by atoms with Crippen molar-refractivity contribution in [2.75, 3.05) is 19.6 Å². The van der Waals surface area contributed by atoms with Crippen molar-refractivity contribution in [3.8, 4) is 0 Å². The third kappa shape index (κ3) is 2.84. The first-order valence-electron chi connectivity index (χ1n) is 6.65. The Kier molecular flexibility index (Phi) is 4.71. The Morgan fingerprint density at radius 3 is 2.45 bits per heavy atom. The van der Waals surface area contributed by atoms with Gasteiger partial charge >= 0.3 is 0 Å². The van der Waals surface area contributed by atoms with Crippen LogP contribution in [0.1, 0.15) is 17.5 Å². The molecule has 0 saturated carbocycles. The molecule has 0 amide bonds. The van der Waals surface area contributed by atoms with Crippen LogP contribution in [0.5, 0.6) is 0 Å². The zero-order valence-corrected chi connectivity index (χ0v) is 12.9. The second-order valence-electron chi connectivity index (χ2n) is 5.27. The summed E-state index contributed by atoms with van der Waals surface area (Å²) in [7, 11) is -3.35. The van der Waals surface area contributed by atoms with Gasteiger partial charge in [0, 0.05) is 32.2 Å². The fourth-order valence-electron chi connectivity index (χ4n) is 2.79. The van der Waals surface area contributed by atoms with E-state index in [1.165, 1.54) is 9.87 Å². The lowest BCUT2D eigenvalue weighted by Crippen LogP contribution is -2.45. The molecule has 2 aliphatic heterocycles. The van der Waals surface area contributed by atoms with Gasteiger partial charge in [0.05, 0.1) is 0 Å². The van der Waals surface area contributed by atoms with Gasteiger partial charge in [-0.2, -0.15) is 17.0 Å². The molecule has 0 spiro atoms. The highest BCUT2D eigenvalue weighted by Crippen LogP contribution is 2.24. The van der Waals surface area contributed by atoms with E-state index in [-0.39, 0.29) is 18.4 Å². The van der Waals surface area contributed by atoms with Crippen molar-refractivity contribution in [3.63, 3.8) is 0 Å². The smallest absolute Gasteiger partial charge is 0.282 e. The maximum atomic E-state index is 12.5. The van der Waals surface area contributed by atoms with Gasteiger partial charge in [-0.3, -0.25) is 0 Å². The van der Waals surface area contributed by atoms with Gasteiger partial charge in [-0.25, -0.2) is 0 Å². The Bertz CT molecular complexity index is 579. The van der Waals surface area contributed by atoms with Gasteiger partial charge in [-0.15, -0.1) is 12.4 Å². The van der Waals surface area contributed by atoms with Gasteiger partial charge in [-0.05, 0) is 24.0 Å². The molecule has 5 nitrogen and oxygen atoms in total. The minimum absolute atomic E-state index is 0. The molecule has 0 aliphatic carbocycles. The fourth-order valence-corrected chi connectivity index (χ4v) is 4.46. The number of hydrogen-bond acceptors (Lipinski definition) is 3. The lowest BCUT2D eigenvalue weighted by atomic mass is 10.0. The predicted molar refractivity (Wildman–Crippen MR) is 80.9 cm³/mol. The molecular weight excluding hydrogens is 298 g/mol. The highest BCUT2D eigenvalue weighted by atomic mass is 35.5. The van der Waals surface area contributed by atoms with E-state index in [1.807, 2.05) is 18.2 Å². The van der Waals surface area contributed by atoms with E-state index in [0.29, 0.717) is 26.2 Å². The average Bonchev–Trinajstić information content (AvgIpc) is 2.85. The number of nitrogens with zero attached hydrogens (tertiary/aromatic N) is 2. The van der Waals surface area contributed by atoms with Gasteiger partial charge in [-0.1, -0.05) is 24.3 Å². The number of halogens is 1. The molecule has 0 aromatic heterocycles. The second kappa shape index (κ2) is 5.99. The van der Waals surface area contributed by atoms with Crippen LogP contribution in [-0.4, -0.2) is 42.7 Å². The van der Waals surface area contributed by atoms with Crippen LogP contribution < -0.4 is 5.73 Å². The van der Waals surface area contributed by atoms with E-state index < -0.39 is 10.2 Å². The van der Waals surface area contributed by atoms with E-state index >= 15 is 0 Å². The van der Waals surface area contributed by atoms with Gasteiger partial charge in [0.2, 0.25) is 0 Å². The minimum atomic E-state index is -3.35. The molecule has 20 heavy (non-hydrogen) atoms. The molecule has 1 fully saturated rings. The Morgan fingerprint density at radius 1 is 1.10 bits per heavy atom. The quantitative estimate of drug-likeness (QED) is 0.875. The summed E-state index contributed by atoms with van der Waals surface area (Å²) in [5.41, 5.74) is 8.17. The van der Waals surface area contributed by atoms with E-state index in [2.05, 4.69) is 6.07 Å². The lowest BCUT2D eigenvalue weighted by Gasteiger charge is -2.31. The maximum Gasteiger partial charge on any atom is 0.282 e. The third-order valence-electron chi connectivity index (χ3n) is 3.94. The highest BCUT2D eigenvalue weighted by molar-refractivity contribution is 7.86. The average molecular weight is 318 g/mol. The van der Waals surface area contributed by atoms with E-state index in [1.54, 1.807) is 4.31 Å². The molecule has 112 valence electrons. The van der Waals surface area contributed by atoms with Crippen molar-refractivity contribution in [2.45, 2.75) is 25.4 Å². The SMILES string of the molecule is Cl.N[C@@H]1CCN(S(=O)(=O)N2CCc3ccccc3C2)C1. The minimum Gasteiger partial charge on any atom is -0.326 e. The zero-order valence-electron chi connectivity index (χ0n) is 11.2. The number of nitrogens with two attached hydrogens (primary N) is 1. The molecular formula is C13H20ClN3O2S. The Hall–Kier alpha value is -0.660. The largest absolute Gasteiger partial charge is 0.326 e. The highest BCUT2D eigenvalue weighted by Gasteiger charge is 2.35. The van der Waals surface area contributed by atoms with E-state index in [9.17, 15) is 8.42 Å². The second-order valence-corrected chi connectivity index (χ2v) is 7.20. The lowest BCUT2D eigenvalue weighted by molar-refractivity contribution is 0.344. The monoisotopic (exact) mass is 317 g/mol. The molecule has 1 aromatic rings. The van der Waals surface area contributed by atoms with Crippen LogP contribution in [0.3, 0.4) is 0 Å². The van der Waals surface area contributed by atoms with Crippen LogP contribution >= 0.6 is 12.4 Å². The molecule has 1 aromatic carbocycles. The van der Waals surface area contributed by atoms with Gasteiger partial charge in [0.15, 0.2) is 0 Å². The number of benzene rings is 1. The third-order valence-corrected chi connectivity index (χ3v) is 5.88. The summed E-state index contributed by atoms with van der Waals surface area (Å²) in [6, 6.07) is 8.02. The number of hydrogen-bond donors (Lipinski definition) is 1. The molecule has 0 bridgehead atoms. The molecule has 2 N–H and O–H groups in total. The summed E-state index contributed by atoms with van der Waals surface area (Å²) in [5.74, 6) is 0. The summed E-state index contributed by atoms with van der Waals surface area (Å²) >= 11 is 0. The summed E-state index contributed by atoms with van der Waals surface area (Å²) in [4.78, 5) is 0. The first-order valence-corrected chi connectivity index (χ1v) is 8.04. The van der Waals surface area contributed by atoms with Crippen LogP contribution in [0, 0.1) is 0 Å².